The molecule has 0 unspecified atom stereocenters. The molecule has 1 radical (unpaired) electrons. The van der Waals surface area contributed by atoms with Crippen LogP contribution in [-0.4, -0.2) is 22.4 Å². The van der Waals surface area contributed by atoms with Gasteiger partial charge in [-0.1, -0.05) is 39.4 Å². The number of carbonyl (C=O) groups excluding carboxylic acids is 1. The molecule has 0 saturated heterocycles. The molecule has 0 aliphatic heterocycles. The molecule has 6 heteroatoms. The molecule has 2 aromatic carbocycles. The third-order valence-corrected chi connectivity index (χ3v) is 3.31. The van der Waals surface area contributed by atoms with E-state index in [1.165, 1.54) is 6.33 Å². The number of aromatic nitrogens is 2. The number of benzene rings is 2. The normalized spacial score (nSPS) is 9.04. The summed E-state index contributed by atoms with van der Waals surface area (Å²) in [5, 5.41) is 4.05. The van der Waals surface area contributed by atoms with Gasteiger partial charge in [0.05, 0.1) is 17.5 Å². The van der Waals surface area contributed by atoms with Gasteiger partial charge in [0.15, 0.2) is 0 Å². The fraction of sp³-hybridized carbons (Fsp3) is 0.318. The standard InChI is InChI=1S/C18H16N3O2.2C2H6.Y/c1-13(22)10-11-23-16-9-5-8-15-17(16)18(20-12-19-15)21-14-6-3-2-4-7-14;2*1-2;/h2-3,5-9,12H,10-11H2,1H3,(H,19,20,21);2*1-2H3;/q-1;;;. The van der Waals surface area contributed by atoms with Crippen molar-refractivity contribution in [1.29, 1.82) is 0 Å². The van der Waals surface area contributed by atoms with Crippen molar-refractivity contribution < 1.29 is 42.2 Å². The summed E-state index contributed by atoms with van der Waals surface area (Å²) in [5.41, 5.74) is 1.66. The van der Waals surface area contributed by atoms with Crippen LogP contribution >= 0.6 is 0 Å². The maximum Gasteiger partial charge on any atom is 0.134 e. The minimum absolute atomic E-state index is 0. The van der Waals surface area contributed by atoms with Crippen LogP contribution < -0.4 is 10.1 Å². The first-order valence-corrected chi connectivity index (χ1v) is 9.33. The van der Waals surface area contributed by atoms with Crippen molar-refractivity contribution in [1.82, 2.24) is 9.97 Å². The van der Waals surface area contributed by atoms with E-state index < -0.39 is 0 Å². The zero-order valence-corrected chi connectivity index (χ0v) is 20.2. The van der Waals surface area contributed by atoms with Crippen molar-refractivity contribution in [2.24, 2.45) is 0 Å². The predicted molar refractivity (Wildman–Crippen MR) is 112 cm³/mol. The molecule has 0 spiro atoms. The summed E-state index contributed by atoms with van der Waals surface area (Å²) in [7, 11) is 0. The summed E-state index contributed by atoms with van der Waals surface area (Å²) >= 11 is 0. The number of rotatable bonds is 6. The Hall–Kier alpha value is -1.85. The molecule has 0 fully saturated rings. The first kappa shape index (κ1) is 26.2. The molecule has 0 atom stereocenters. The molecule has 1 heterocycles. The van der Waals surface area contributed by atoms with Gasteiger partial charge in [-0.2, -0.15) is 24.3 Å². The Morgan fingerprint density at radius 2 is 1.86 bits per heavy atom. The van der Waals surface area contributed by atoms with Gasteiger partial charge in [0.1, 0.15) is 23.7 Å². The Morgan fingerprint density at radius 1 is 1.11 bits per heavy atom. The smallest absolute Gasteiger partial charge is 0.134 e. The first-order chi connectivity index (χ1) is 13.2. The van der Waals surface area contributed by atoms with Crippen LogP contribution in [0, 0.1) is 6.07 Å². The predicted octanol–water partition coefficient (Wildman–Crippen LogP) is 5.58. The quantitative estimate of drug-likeness (QED) is 0.492. The topological polar surface area (TPSA) is 64.1 Å². The molecule has 3 rings (SSSR count). The Bertz CT molecular complexity index is 821. The Labute approximate surface area is 193 Å². The molecule has 0 saturated carbocycles. The number of ether oxygens (including phenoxy) is 1. The van der Waals surface area contributed by atoms with Gasteiger partial charge in [-0.05, 0) is 19.1 Å². The number of anilines is 2. The maximum atomic E-state index is 11.1. The summed E-state index contributed by atoms with van der Waals surface area (Å²) in [4.78, 5) is 19.7. The van der Waals surface area contributed by atoms with E-state index in [1.807, 2.05) is 70.2 Å². The van der Waals surface area contributed by atoms with Crippen molar-refractivity contribution in [2.45, 2.75) is 41.0 Å². The molecule has 0 amide bonds. The van der Waals surface area contributed by atoms with Gasteiger partial charge >= 0.3 is 0 Å². The first-order valence-electron chi connectivity index (χ1n) is 9.33. The molecule has 5 nitrogen and oxygen atoms in total. The van der Waals surface area contributed by atoms with Crippen molar-refractivity contribution in [3.05, 3.63) is 54.9 Å². The number of fused-ring (bicyclic) bond motifs is 1. The van der Waals surface area contributed by atoms with E-state index in [0.717, 1.165) is 16.6 Å². The zero-order valence-electron chi connectivity index (χ0n) is 17.3. The number of carbonyl (C=O) groups is 1. The van der Waals surface area contributed by atoms with Gasteiger partial charge in [0, 0.05) is 39.1 Å². The summed E-state index contributed by atoms with van der Waals surface area (Å²) in [5.74, 6) is 1.42. The molecule has 0 aliphatic carbocycles. The van der Waals surface area contributed by atoms with Crippen molar-refractivity contribution in [3.63, 3.8) is 0 Å². The summed E-state index contributed by atoms with van der Waals surface area (Å²) in [6.45, 7) is 9.89. The van der Waals surface area contributed by atoms with Crippen LogP contribution in [0.1, 0.15) is 41.0 Å². The second-order valence-corrected chi connectivity index (χ2v) is 5.09. The number of hydrogen-bond donors (Lipinski definition) is 1. The van der Waals surface area contributed by atoms with E-state index in [0.29, 0.717) is 24.6 Å². The van der Waals surface area contributed by atoms with Crippen LogP contribution in [0.5, 0.6) is 5.75 Å². The number of nitrogens with zero attached hydrogens (tertiary/aromatic N) is 2. The van der Waals surface area contributed by atoms with Crippen LogP contribution in [0.15, 0.2) is 48.8 Å². The van der Waals surface area contributed by atoms with E-state index >= 15 is 0 Å². The van der Waals surface area contributed by atoms with Gasteiger partial charge in [-0.25, -0.2) is 9.97 Å². The van der Waals surface area contributed by atoms with Crippen molar-refractivity contribution in [2.75, 3.05) is 11.9 Å². The molecule has 0 bridgehead atoms. The maximum absolute atomic E-state index is 11.1. The van der Waals surface area contributed by atoms with E-state index in [2.05, 4.69) is 21.4 Å². The minimum Gasteiger partial charge on any atom is -0.492 e. The third kappa shape index (κ3) is 8.03. The number of nitrogens with one attached hydrogen (secondary N) is 1. The Balaban J connectivity index is 0.00000137. The van der Waals surface area contributed by atoms with Crippen molar-refractivity contribution in [3.8, 4) is 5.75 Å². The SMILES string of the molecule is CC.CC.CC(=O)CCOc1cccc2ncnc(Nc3c[c-]ccc3)c12.[Y]. The monoisotopic (exact) mass is 455 g/mol. The Kier molecular flexibility index (Phi) is 14.1. The van der Waals surface area contributed by atoms with E-state index in [1.54, 1.807) is 6.92 Å². The molecule has 147 valence electrons. The molecule has 1 N–H and O–H groups in total. The molecule has 1 aromatic heterocycles. The zero-order chi connectivity index (χ0) is 20.1. The number of Topliss-reactive ketones (excluding diaryl/α,β-unsaturated/α-hetero) is 1. The largest absolute Gasteiger partial charge is 0.492 e. The fourth-order valence-corrected chi connectivity index (χ4v) is 2.21. The second kappa shape index (κ2) is 15.1. The van der Waals surface area contributed by atoms with Crippen LogP contribution in [0.25, 0.3) is 10.9 Å². The number of hydrogen-bond acceptors (Lipinski definition) is 5. The van der Waals surface area contributed by atoms with Gasteiger partial charge in [0.2, 0.25) is 0 Å². The second-order valence-electron chi connectivity index (χ2n) is 5.09. The van der Waals surface area contributed by atoms with Crippen LogP contribution in [0.3, 0.4) is 0 Å². The minimum atomic E-state index is 0. The van der Waals surface area contributed by atoms with Gasteiger partial charge in [-0.3, -0.25) is 4.79 Å². The average molecular weight is 455 g/mol. The molecule has 28 heavy (non-hydrogen) atoms. The van der Waals surface area contributed by atoms with Gasteiger partial charge < -0.3 is 10.1 Å². The van der Waals surface area contributed by atoms with Crippen molar-refractivity contribution >= 4 is 28.2 Å². The third-order valence-electron chi connectivity index (χ3n) is 3.31. The van der Waals surface area contributed by atoms with E-state index in [9.17, 15) is 4.79 Å². The fourth-order valence-electron chi connectivity index (χ4n) is 2.21. The Morgan fingerprint density at radius 3 is 2.50 bits per heavy atom. The molecule has 0 aliphatic rings. The van der Waals surface area contributed by atoms with Gasteiger partial charge in [0.25, 0.3) is 0 Å². The van der Waals surface area contributed by atoms with Crippen LogP contribution in [-0.2, 0) is 37.5 Å². The van der Waals surface area contributed by atoms with Crippen LogP contribution in [0.2, 0.25) is 0 Å². The molecular formula is C22H28N3O2Y-. The van der Waals surface area contributed by atoms with Crippen LogP contribution in [0.4, 0.5) is 11.5 Å². The van der Waals surface area contributed by atoms with Gasteiger partial charge in [-0.15, -0.1) is 6.07 Å². The summed E-state index contributed by atoms with van der Waals surface area (Å²) in [6.07, 6.45) is 1.89. The summed E-state index contributed by atoms with van der Waals surface area (Å²) in [6, 6.07) is 16.2. The summed E-state index contributed by atoms with van der Waals surface area (Å²) < 4.78 is 5.76. The van der Waals surface area contributed by atoms with E-state index in [-0.39, 0.29) is 38.5 Å². The molecular weight excluding hydrogens is 427 g/mol. The average Bonchev–Trinajstić information content (AvgIpc) is 2.72. The number of ketones is 1. The molecule has 3 aromatic rings. The van der Waals surface area contributed by atoms with E-state index in [4.69, 9.17) is 4.74 Å².